The molecule has 1 amide bonds. The normalized spacial score (nSPS) is 20.9. The number of rotatable bonds is 3. The molecule has 148 valence electrons. The summed E-state index contributed by atoms with van der Waals surface area (Å²) in [4.78, 5) is 15.5. The van der Waals surface area contributed by atoms with Gasteiger partial charge in [0.15, 0.2) is 0 Å². The molecule has 0 radical (unpaired) electrons. The fraction of sp³-hybridized carbons (Fsp3) is 0.409. The van der Waals surface area contributed by atoms with E-state index in [-0.39, 0.29) is 17.9 Å². The monoisotopic (exact) mass is 398 g/mol. The van der Waals surface area contributed by atoms with E-state index in [2.05, 4.69) is 13.0 Å². The zero-order valence-corrected chi connectivity index (χ0v) is 17.2. The summed E-state index contributed by atoms with van der Waals surface area (Å²) < 4.78 is 27.5. The van der Waals surface area contributed by atoms with E-state index in [1.54, 1.807) is 12.1 Å². The molecule has 0 aliphatic carbocycles. The van der Waals surface area contributed by atoms with Crippen molar-refractivity contribution in [2.45, 2.75) is 44.0 Å². The topological polar surface area (TPSA) is 57.7 Å². The van der Waals surface area contributed by atoms with Gasteiger partial charge < -0.3 is 4.90 Å². The number of piperidine rings is 1. The SMILES string of the molecule is Cc1ccccc1S(=O)(=O)N1CCC(C(=O)N2c3ccccc3CC2C)CC1. The largest absolute Gasteiger partial charge is 0.309 e. The molecule has 6 heteroatoms. The van der Waals surface area contributed by atoms with Crippen LogP contribution in [0.3, 0.4) is 0 Å². The van der Waals surface area contributed by atoms with Crippen LogP contribution >= 0.6 is 0 Å². The van der Waals surface area contributed by atoms with Crippen LogP contribution in [0.4, 0.5) is 5.69 Å². The van der Waals surface area contributed by atoms with Crippen LogP contribution in [0.5, 0.6) is 0 Å². The Bertz CT molecular complexity index is 994. The van der Waals surface area contributed by atoms with Crippen molar-refractivity contribution >= 4 is 21.6 Å². The van der Waals surface area contributed by atoms with Crippen LogP contribution in [0.2, 0.25) is 0 Å². The Morgan fingerprint density at radius 3 is 2.36 bits per heavy atom. The van der Waals surface area contributed by atoms with Gasteiger partial charge in [-0.05, 0) is 56.4 Å². The number of amides is 1. The van der Waals surface area contributed by atoms with E-state index < -0.39 is 10.0 Å². The van der Waals surface area contributed by atoms with E-state index in [1.165, 1.54) is 9.87 Å². The summed E-state index contributed by atoms with van der Waals surface area (Å²) in [5.41, 5.74) is 2.97. The van der Waals surface area contributed by atoms with Gasteiger partial charge in [-0.25, -0.2) is 8.42 Å². The van der Waals surface area contributed by atoms with E-state index in [9.17, 15) is 13.2 Å². The van der Waals surface area contributed by atoms with Crippen molar-refractivity contribution in [2.24, 2.45) is 5.92 Å². The van der Waals surface area contributed by atoms with Gasteiger partial charge in [-0.15, -0.1) is 0 Å². The van der Waals surface area contributed by atoms with E-state index in [0.717, 1.165) is 17.7 Å². The Balaban J connectivity index is 1.48. The molecule has 2 heterocycles. The quantitative estimate of drug-likeness (QED) is 0.796. The number of carbonyl (C=O) groups is 1. The Hall–Kier alpha value is -2.18. The van der Waals surface area contributed by atoms with Crippen LogP contribution in [-0.4, -0.2) is 37.8 Å². The number of fused-ring (bicyclic) bond motifs is 1. The lowest BCUT2D eigenvalue weighted by Crippen LogP contribution is -2.46. The molecule has 0 spiro atoms. The summed E-state index contributed by atoms with van der Waals surface area (Å²) in [6.45, 7) is 4.67. The summed E-state index contributed by atoms with van der Waals surface area (Å²) in [6.07, 6.45) is 2.01. The summed E-state index contributed by atoms with van der Waals surface area (Å²) in [5, 5.41) is 0. The number of benzene rings is 2. The number of sulfonamides is 1. The molecule has 0 aromatic heterocycles. The number of hydrogen-bond acceptors (Lipinski definition) is 3. The third kappa shape index (κ3) is 3.25. The Morgan fingerprint density at radius 2 is 1.64 bits per heavy atom. The minimum atomic E-state index is -3.51. The van der Waals surface area contributed by atoms with E-state index in [0.29, 0.717) is 30.8 Å². The molecule has 1 atom stereocenters. The van der Waals surface area contributed by atoms with Crippen LogP contribution in [0.1, 0.15) is 30.9 Å². The van der Waals surface area contributed by atoms with Crippen LogP contribution < -0.4 is 4.90 Å². The van der Waals surface area contributed by atoms with Crippen molar-refractivity contribution in [3.63, 3.8) is 0 Å². The molecule has 2 aliphatic heterocycles. The van der Waals surface area contributed by atoms with Crippen molar-refractivity contribution in [1.29, 1.82) is 0 Å². The van der Waals surface area contributed by atoms with Crippen molar-refractivity contribution in [3.8, 4) is 0 Å². The maximum absolute atomic E-state index is 13.2. The van der Waals surface area contributed by atoms with E-state index in [1.807, 2.05) is 42.2 Å². The molecular formula is C22H26N2O3S. The number of aryl methyl sites for hydroxylation is 1. The summed E-state index contributed by atoms with van der Waals surface area (Å²) in [7, 11) is -3.51. The Morgan fingerprint density at radius 1 is 1.00 bits per heavy atom. The lowest BCUT2D eigenvalue weighted by Gasteiger charge is -2.34. The maximum Gasteiger partial charge on any atom is 0.243 e. The minimum Gasteiger partial charge on any atom is -0.309 e. The maximum atomic E-state index is 13.2. The first-order valence-corrected chi connectivity index (χ1v) is 11.3. The molecule has 2 aromatic rings. The van der Waals surface area contributed by atoms with Crippen LogP contribution in [0, 0.1) is 12.8 Å². The number of para-hydroxylation sites is 1. The van der Waals surface area contributed by atoms with Crippen LogP contribution in [0.15, 0.2) is 53.4 Å². The molecule has 1 saturated heterocycles. The third-order valence-electron chi connectivity index (χ3n) is 5.96. The van der Waals surface area contributed by atoms with Crippen molar-refractivity contribution in [3.05, 3.63) is 59.7 Å². The fourth-order valence-corrected chi connectivity index (χ4v) is 6.12. The average molecular weight is 399 g/mol. The van der Waals surface area contributed by atoms with Gasteiger partial charge in [-0.1, -0.05) is 36.4 Å². The zero-order chi connectivity index (χ0) is 19.9. The molecule has 0 saturated carbocycles. The Labute approximate surface area is 167 Å². The van der Waals surface area contributed by atoms with Crippen molar-refractivity contribution < 1.29 is 13.2 Å². The number of carbonyl (C=O) groups excluding carboxylic acids is 1. The second kappa shape index (κ2) is 7.33. The lowest BCUT2D eigenvalue weighted by atomic mass is 9.96. The minimum absolute atomic E-state index is 0.128. The summed E-state index contributed by atoms with van der Waals surface area (Å²) in [6, 6.07) is 15.3. The predicted molar refractivity (Wildman–Crippen MR) is 110 cm³/mol. The molecule has 2 aromatic carbocycles. The summed E-state index contributed by atoms with van der Waals surface area (Å²) in [5.74, 6) is 0.00214. The lowest BCUT2D eigenvalue weighted by molar-refractivity contribution is -0.123. The highest BCUT2D eigenvalue weighted by molar-refractivity contribution is 7.89. The molecule has 28 heavy (non-hydrogen) atoms. The highest BCUT2D eigenvalue weighted by atomic mass is 32.2. The van der Waals surface area contributed by atoms with Gasteiger partial charge >= 0.3 is 0 Å². The molecule has 1 fully saturated rings. The van der Waals surface area contributed by atoms with Gasteiger partial charge in [0, 0.05) is 30.7 Å². The fourth-order valence-electron chi connectivity index (χ4n) is 4.43. The standard InChI is InChI=1S/C22H26N2O3S/c1-16-7-3-6-10-21(16)28(26,27)23-13-11-18(12-14-23)22(25)24-17(2)15-19-8-4-5-9-20(19)24/h3-10,17-18H,11-15H2,1-2H3. The second-order valence-corrected chi connectivity index (χ2v) is 9.74. The Kier molecular flexibility index (Phi) is 5.02. The van der Waals surface area contributed by atoms with E-state index in [4.69, 9.17) is 0 Å². The van der Waals surface area contributed by atoms with Crippen LogP contribution in [-0.2, 0) is 21.2 Å². The molecule has 4 rings (SSSR count). The van der Waals surface area contributed by atoms with Gasteiger partial charge in [0.1, 0.15) is 0 Å². The van der Waals surface area contributed by atoms with Gasteiger partial charge in [0.2, 0.25) is 15.9 Å². The third-order valence-corrected chi connectivity index (χ3v) is 8.02. The van der Waals surface area contributed by atoms with Crippen molar-refractivity contribution in [1.82, 2.24) is 4.31 Å². The predicted octanol–water partition coefficient (Wildman–Crippen LogP) is 3.37. The zero-order valence-electron chi connectivity index (χ0n) is 16.3. The molecule has 0 N–H and O–H groups in total. The smallest absolute Gasteiger partial charge is 0.243 e. The number of anilines is 1. The second-order valence-electron chi connectivity index (χ2n) is 7.83. The van der Waals surface area contributed by atoms with Crippen LogP contribution in [0.25, 0.3) is 0 Å². The molecule has 1 unspecified atom stereocenters. The van der Waals surface area contributed by atoms with Gasteiger partial charge in [0.05, 0.1) is 4.90 Å². The first kappa shape index (κ1) is 19.2. The number of hydrogen-bond donors (Lipinski definition) is 0. The highest BCUT2D eigenvalue weighted by Gasteiger charge is 2.38. The molecule has 0 bridgehead atoms. The first-order chi connectivity index (χ1) is 13.4. The van der Waals surface area contributed by atoms with Gasteiger partial charge in [-0.3, -0.25) is 4.79 Å². The van der Waals surface area contributed by atoms with Gasteiger partial charge in [-0.2, -0.15) is 4.31 Å². The highest BCUT2D eigenvalue weighted by Crippen LogP contribution is 2.35. The van der Waals surface area contributed by atoms with E-state index >= 15 is 0 Å². The molecule has 2 aliphatic rings. The van der Waals surface area contributed by atoms with Crippen molar-refractivity contribution in [2.75, 3.05) is 18.0 Å². The molecule has 5 nitrogen and oxygen atoms in total. The average Bonchev–Trinajstić information content (AvgIpc) is 3.03. The summed E-state index contributed by atoms with van der Waals surface area (Å²) >= 11 is 0. The number of nitrogens with zero attached hydrogens (tertiary/aromatic N) is 2. The first-order valence-electron chi connectivity index (χ1n) is 9.86. The molecular weight excluding hydrogens is 372 g/mol. The van der Waals surface area contributed by atoms with Gasteiger partial charge in [0.25, 0.3) is 0 Å².